The van der Waals surface area contributed by atoms with Crippen molar-refractivity contribution in [3.63, 3.8) is 0 Å². The second kappa shape index (κ2) is 9.03. The fraction of sp³-hybridized carbons (Fsp3) is 0.536. The van der Waals surface area contributed by atoms with Crippen LogP contribution in [0.2, 0.25) is 0 Å². The molecule has 202 valence electrons. The first kappa shape index (κ1) is 24.5. The first-order chi connectivity index (χ1) is 18.9. The molecule has 2 aliphatic carbocycles. The molecule has 0 unspecified atom stereocenters. The van der Waals surface area contributed by atoms with Crippen LogP contribution in [0.1, 0.15) is 72.7 Å². The second-order valence-corrected chi connectivity index (χ2v) is 12.4. The van der Waals surface area contributed by atoms with E-state index in [2.05, 4.69) is 29.9 Å². The minimum absolute atomic E-state index is 0.0583. The lowest BCUT2D eigenvalue weighted by Crippen LogP contribution is -2.38. The molecule has 39 heavy (non-hydrogen) atoms. The van der Waals surface area contributed by atoms with Crippen molar-refractivity contribution in [1.82, 2.24) is 29.6 Å². The lowest BCUT2D eigenvalue weighted by atomic mass is 9.62. The van der Waals surface area contributed by atoms with Crippen molar-refractivity contribution in [3.8, 4) is 23.5 Å². The summed E-state index contributed by atoms with van der Waals surface area (Å²) < 4.78 is 14.4. The first-order valence-electron chi connectivity index (χ1n) is 13.8. The first-order valence-corrected chi connectivity index (χ1v) is 14.6. The molecule has 0 amide bonds. The number of nitrogens with zero attached hydrogens (tertiary/aromatic N) is 7. The Morgan fingerprint density at radius 3 is 2.82 bits per heavy atom. The fourth-order valence-corrected chi connectivity index (χ4v) is 8.37. The number of nitrogens with two attached hydrogens (primary N) is 1. The van der Waals surface area contributed by atoms with Crippen molar-refractivity contribution in [1.29, 1.82) is 5.26 Å². The van der Waals surface area contributed by atoms with Gasteiger partial charge in [-0.2, -0.15) is 15.2 Å². The van der Waals surface area contributed by atoms with E-state index in [0.29, 0.717) is 45.2 Å². The number of anilines is 1. The van der Waals surface area contributed by atoms with Crippen molar-refractivity contribution >= 4 is 27.5 Å². The van der Waals surface area contributed by atoms with Crippen LogP contribution in [-0.2, 0) is 25.3 Å². The van der Waals surface area contributed by atoms with E-state index >= 15 is 0 Å². The third-order valence-electron chi connectivity index (χ3n) is 9.04. The van der Waals surface area contributed by atoms with Gasteiger partial charge in [-0.1, -0.05) is 5.16 Å². The number of likely N-dealkylation sites (N-methyl/N-ethyl adjacent to an activating group) is 1. The van der Waals surface area contributed by atoms with Gasteiger partial charge in [-0.3, -0.25) is 4.90 Å². The van der Waals surface area contributed by atoms with Crippen LogP contribution in [-0.4, -0.2) is 55.3 Å². The van der Waals surface area contributed by atoms with E-state index in [4.69, 9.17) is 30.1 Å². The van der Waals surface area contributed by atoms with E-state index < -0.39 is 0 Å². The van der Waals surface area contributed by atoms with Crippen LogP contribution in [0.3, 0.4) is 0 Å². The van der Waals surface area contributed by atoms with Crippen molar-refractivity contribution in [2.24, 2.45) is 7.05 Å². The molecule has 0 saturated carbocycles. The van der Waals surface area contributed by atoms with E-state index in [9.17, 15) is 5.26 Å². The fourth-order valence-electron chi connectivity index (χ4n) is 7.21. The van der Waals surface area contributed by atoms with Gasteiger partial charge in [0, 0.05) is 28.9 Å². The molecule has 3 atom stereocenters. The van der Waals surface area contributed by atoms with Crippen molar-refractivity contribution in [3.05, 3.63) is 33.6 Å². The Labute approximate surface area is 230 Å². The summed E-state index contributed by atoms with van der Waals surface area (Å²) >= 11 is 1.55. The van der Waals surface area contributed by atoms with Gasteiger partial charge in [-0.25, -0.2) is 4.98 Å². The lowest BCUT2D eigenvalue weighted by molar-refractivity contribution is 0.112. The number of hydrogen-bond acceptors (Lipinski definition) is 10. The number of rotatable bonds is 4. The third-order valence-corrected chi connectivity index (χ3v) is 10.1. The largest absolute Gasteiger partial charge is 0.459 e. The van der Waals surface area contributed by atoms with Crippen LogP contribution in [0, 0.1) is 11.3 Å². The van der Waals surface area contributed by atoms with Crippen molar-refractivity contribution in [2.75, 3.05) is 19.3 Å². The molecule has 3 aliphatic rings. The summed E-state index contributed by atoms with van der Waals surface area (Å²) in [5, 5.41) is 15.3. The summed E-state index contributed by atoms with van der Waals surface area (Å²) in [5.41, 5.74) is 11.6. The van der Waals surface area contributed by atoms with E-state index in [0.717, 1.165) is 68.3 Å². The highest BCUT2D eigenvalue weighted by atomic mass is 32.1. The van der Waals surface area contributed by atoms with Crippen LogP contribution in [0.4, 0.5) is 5.00 Å². The molecule has 0 radical (unpaired) electrons. The Balaban J connectivity index is 1.35. The van der Waals surface area contributed by atoms with Crippen molar-refractivity contribution < 1.29 is 9.26 Å². The van der Waals surface area contributed by atoms with E-state index in [1.807, 2.05) is 11.6 Å². The van der Waals surface area contributed by atoms with Crippen LogP contribution >= 0.6 is 11.3 Å². The second-order valence-electron chi connectivity index (χ2n) is 11.3. The molecule has 7 rings (SSSR count). The number of likely N-dealkylation sites (tertiary alicyclic amines) is 1. The Bertz CT molecular complexity index is 1630. The smallest absolute Gasteiger partial charge is 0.319 e. The molecular formula is C28H32N8O2S. The van der Waals surface area contributed by atoms with Gasteiger partial charge in [0.2, 0.25) is 0 Å². The zero-order chi connectivity index (χ0) is 26.9. The average molecular weight is 545 g/mol. The predicted molar refractivity (Wildman–Crippen MR) is 148 cm³/mol. The lowest BCUT2D eigenvalue weighted by Gasteiger charge is -2.39. The molecule has 0 bridgehead atoms. The zero-order valence-corrected chi connectivity index (χ0v) is 23.3. The quantitative estimate of drug-likeness (QED) is 0.398. The van der Waals surface area contributed by atoms with Gasteiger partial charge in [-0.05, 0) is 77.4 Å². The van der Waals surface area contributed by atoms with E-state index in [1.54, 1.807) is 17.7 Å². The van der Waals surface area contributed by atoms with E-state index in [-0.39, 0.29) is 11.5 Å². The van der Waals surface area contributed by atoms with Gasteiger partial charge in [0.1, 0.15) is 28.4 Å². The topological polar surface area (TPSA) is 132 Å². The Hall–Kier alpha value is -3.49. The highest BCUT2D eigenvalue weighted by Gasteiger charge is 2.48. The highest BCUT2D eigenvalue weighted by molar-refractivity contribution is 7.16. The number of aryl methyl sites for hydroxylation is 2. The maximum absolute atomic E-state index is 10.0. The summed E-state index contributed by atoms with van der Waals surface area (Å²) in [6.45, 7) is 3.16. The predicted octanol–water partition coefficient (Wildman–Crippen LogP) is 4.35. The zero-order valence-electron chi connectivity index (χ0n) is 22.5. The molecule has 10 nitrogen and oxygen atoms in total. The highest BCUT2D eigenvalue weighted by Crippen LogP contribution is 2.55. The van der Waals surface area contributed by atoms with Gasteiger partial charge in [0.05, 0.1) is 17.6 Å². The maximum atomic E-state index is 10.0. The molecule has 0 aromatic carbocycles. The molecule has 1 saturated heterocycles. The normalized spacial score (nSPS) is 23.6. The molecule has 2 N–H and O–H groups in total. The number of ether oxygens (including phenoxy) is 1. The molecule has 4 aromatic rings. The molecule has 11 heteroatoms. The van der Waals surface area contributed by atoms with Crippen LogP contribution in [0.5, 0.6) is 6.01 Å². The number of nitriles is 1. The molecule has 5 heterocycles. The SMILES string of the molecule is C[C@H](Oc1nc(-c2onc3c2CCC[C@@]32CCCc3sc(N)c(C#N)c32)c2ncn(C)c2n1)[C@@H]1CCCN1C. The summed E-state index contributed by atoms with van der Waals surface area (Å²) in [5.74, 6) is 0.625. The molecule has 1 fully saturated rings. The van der Waals surface area contributed by atoms with Crippen LogP contribution in [0.15, 0.2) is 10.9 Å². The van der Waals surface area contributed by atoms with Gasteiger partial charge in [0.25, 0.3) is 0 Å². The van der Waals surface area contributed by atoms with Gasteiger partial charge >= 0.3 is 6.01 Å². The molecule has 1 aliphatic heterocycles. The summed E-state index contributed by atoms with van der Waals surface area (Å²) in [7, 11) is 4.06. The Morgan fingerprint density at radius 2 is 2.05 bits per heavy atom. The van der Waals surface area contributed by atoms with Crippen LogP contribution < -0.4 is 10.5 Å². The number of thiophene rings is 1. The monoisotopic (exact) mass is 544 g/mol. The number of imidazole rings is 1. The summed E-state index contributed by atoms with van der Waals surface area (Å²) in [6, 6.07) is 3.04. The number of nitrogen functional groups attached to an aromatic ring is 1. The average Bonchev–Trinajstić information content (AvgIpc) is 3.70. The van der Waals surface area contributed by atoms with Crippen molar-refractivity contribution in [2.45, 2.75) is 75.9 Å². The summed E-state index contributed by atoms with van der Waals surface area (Å²) in [6.07, 6.45) is 9.56. The Morgan fingerprint density at radius 1 is 1.23 bits per heavy atom. The number of fused-ring (bicyclic) bond motifs is 5. The van der Waals surface area contributed by atoms with Gasteiger partial charge in [-0.15, -0.1) is 11.3 Å². The van der Waals surface area contributed by atoms with Crippen LogP contribution in [0.25, 0.3) is 22.6 Å². The maximum Gasteiger partial charge on any atom is 0.319 e. The minimum atomic E-state index is -0.362. The number of aromatic nitrogens is 5. The van der Waals surface area contributed by atoms with E-state index in [1.165, 1.54) is 11.3 Å². The summed E-state index contributed by atoms with van der Waals surface area (Å²) in [4.78, 5) is 17.8. The minimum Gasteiger partial charge on any atom is -0.459 e. The standard InChI is InChI=1S/C28H32N8O2S/c1-15(18-8-6-12-35(18)2)37-27-32-21(22-26(33-27)36(3)14-31-22)23-16-7-4-10-28(24(16)34-38-23)11-5-9-19-20(28)17(13-29)25(30)39-19/h14-15,18H,4-12,30H2,1-3H3/t15-,18-,28-/m0/s1. The third kappa shape index (κ3) is 3.61. The molecule has 1 spiro atoms. The number of hydrogen-bond donors (Lipinski definition) is 1. The molecular weight excluding hydrogens is 512 g/mol. The van der Waals surface area contributed by atoms with Gasteiger partial charge < -0.3 is 19.6 Å². The Kier molecular flexibility index (Phi) is 5.68. The molecule has 4 aromatic heterocycles. The van der Waals surface area contributed by atoms with Gasteiger partial charge in [0.15, 0.2) is 11.4 Å².